The molecule has 1 aliphatic rings. The van der Waals surface area contributed by atoms with Crippen LogP contribution in [-0.2, 0) is 11.0 Å². The molecule has 1 N–H and O–H groups in total. The molecule has 3 aromatic carbocycles. The maximum absolute atomic E-state index is 13.4. The lowest BCUT2D eigenvalue weighted by atomic mass is 9.95. The number of nitrogens with one attached hydrogen (secondary N) is 1. The highest BCUT2D eigenvalue weighted by Gasteiger charge is 2.36. The standard InChI is InChI=1S/C23H16ClF3N2O2/c24-17-9-10-19-18(12-17)21(14-5-2-1-3-6-14)29(13-20(30)28-19)22(31)15-7-4-8-16(11-15)23(25,26)27/h1-12,21H,13H2,(H,28,30). The van der Waals surface area contributed by atoms with Gasteiger partial charge in [-0.25, -0.2) is 0 Å². The van der Waals surface area contributed by atoms with Crippen molar-refractivity contribution in [3.8, 4) is 0 Å². The lowest BCUT2D eigenvalue weighted by molar-refractivity contribution is -0.137. The average molecular weight is 445 g/mol. The summed E-state index contributed by atoms with van der Waals surface area (Å²) in [6.07, 6.45) is -4.59. The lowest BCUT2D eigenvalue weighted by Gasteiger charge is -2.31. The Bertz CT molecular complexity index is 1150. The number of benzene rings is 3. The van der Waals surface area contributed by atoms with Crippen molar-refractivity contribution in [2.75, 3.05) is 11.9 Å². The normalized spacial score (nSPS) is 16.3. The molecule has 1 unspecified atom stereocenters. The van der Waals surface area contributed by atoms with Gasteiger partial charge in [-0.15, -0.1) is 0 Å². The van der Waals surface area contributed by atoms with Gasteiger partial charge >= 0.3 is 6.18 Å². The molecule has 1 aliphatic heterocycles. The largest absolute Gasteiger partial charge is 0.416 e. The molecule has 0 saturated heterocycles. The molecule has 0 aromatic heterocycles. The number of halogens is 4. The third kappa shape index (κ3) is 4.27. The van der Waals surface area contributed by atoms with Crippen molar-refractivity contribution in [3.05, 3.63) is 100 Å². The van der Waals surface area contributed by atoms with E-state index < -0.39 is 29.6 Å². The van der Waals surface area contributed by atoms with Gasteiger partial charge < -0.3 is 10.2 Å². The summed E-state index contributed by atoms with van der Waals surface area (Å²) in [5.41, 5.74) is 0.668. The highest BCUT2D eigenvalue weighted by molar-refractivity contribution is 6.30. The van der Waals surface area contributed by atoms with Crippen molar-refractivity contribution in [1.29, 1.82) is 0 Å². The fraction of sp³-hybridized carbons (Fsp3) is 0.130. The fourth-order valence-electron chi connectivity index (χ4n) is 3.66. The van der Waals surface area contributed by atoms with Crippen LogP contribution in [-0.4, -0.2) is 23.3 Å². The summed E-state index contributed by atoms with van der Waals surface area (Å²) < 4.78 is 39.5. The molecule has 0 radical (unpaired) electrons. The first-order valence-electron chi connectivity index (χ1n) is 9.36. The highest BCUT2D eigenvalue weighted by atomic mass is 35.5. The number of alkyl halides is 3. The van der Waals surface area contributed by atoms with Crippen LogP contribution in [0.1, 0.15) is 33.1 Å². The van der Waals surface area contributed by atoms with Gasteiger partial charge in [0.05, 0.1) is 11.6 Å². The number of carbonyl (C=O) groups is 2. The van der Waals surface area contributed by atoms with Crippen LogP contribution in [0, 0.1) is 0 Å². The zero-order chi connectivity index (χ0) is 22.2. The van der Waals surface area contributed by atoms with E-state index in [0.717, 1.165) is 12.1 Å². The summed E-state index contributed by atoms with van der Waals surface area (Å²) in [7, 11) is 0. The molecule has 0 spiro atoms. The first-order valence-corrected chi connectivity index (χ1v) is 9.74. The van der Waals surface area contributed by atoms with Crippen LogP contribution < -0.4 is 5.32 Å². The Hall–Kier alpha value is -3.32. The van der Waals surface area contributed by atoms with Crippen LogP contribution in [0.2, 0.25) is 5.02 Å². The minimum Gasteiger partial charge on any atom is -0.324 e. The van der Waals surface area contributed by atoms with E-state index in [9.17, 15) is 22.8 Å². The second kappa shape index (κ2) is 8.07. The van der Waals surface area contributed by atoms with E-state index in [2.05, 4.69) is 5.32 Å². The van der Waals surface area contributed by atoms with Gasteiger partial charge in [0.1, 0.15) is 6.54 Å². The summed E-state index contributed by atoms with van der Waals surface area (Å²) in [4.78, 5) is 27.2. The number of hydrogen-bond acceptors (Lipinski definition) is 2. The minimum atomic E-state index is -4.59. The monoisotopic (exact) mass is 444 g/mol. The van der Waals surface area contributed by atoms with Crippen LogP contribution in [0.15, 0.2) is 72.8 Å². The van der Waals surface area contributed by atoms with Gasteiger partial charge in [-0.2, -0.15) is 13.2 Å². The summed E-state index contributed by atoms with van der Waals surface area (Å²) in [6, 6.07) is 17.3. The van der Waals surface area contributed by atoms with E-state index in [1.165, 1.54) is 17.0 Å². The molecule has 0 bridgehead atoms. The summed E-state index contributed by atoms with van der Waals surface area (Å²) in [6.45, 7) is -0.332. The Kier molecular flexibility index (Phi) is 5.45. The molecule has 1 heterocycles. The van der Waals surface area contributed by atoms with Crippen molar-refractivity contribution in [1.82, 2.24) is 4.90 Å². The highest BCUT2D eigenvalue weighted by Crippen LogP contribution is 2.38. The van der Waals surface area contributed by atoms with Crippen molar-refractivity contribution in [3.63, 3.8) is 0 Å². The Labute approximate surface area is 181 Å². The predicted molar refractivity (Wildman–Crippen MR) is 111 cm³/mol. The van der Waals surface area contributed by atoms with Crippen molar-refractivity contribution < 1.29 is 22.8 Å². The topological polar surface area (TPSA) is 49.4 Å². The lowest BCUT2D eigenvalue weighted by Crippen LogP contribution is -2.39. The number of amides is 2. The quantitative estimate of drug-likeness (QED) is 0.564. The van der Waals surface area contributed by atoms with E-state index >= 15 is 0 Å². The van der Waals surface area contributed by atoms with Crippen LogP contribution in [0.3, 0.4) is 0 Å². The fourth-order valence-corrected chi connectivity index (χ4v) is 3.84. The average Bonchev–Trinajstić information content (AvgIpc) is 2.89. The molecule has 0 aliphatic carbocycles. The zero-order valence-electron chi connectivity index (χ0n) is 16.0. The van der Waals surface area contributed by atoms with Crippen LogP contribution in [0.25, 0.3) is 0 Å². The molecular weight excluding hydrogens is 429 g/mol. The summed E-state index contributed by atoms with van der Waals surface area (Å²) in [5.74, 6) is -1.15. The molecule has 3 aromatic rings. The molecule has 2 amide bonds. The molecule has 158 valence electrons. The molecule has 4 nitrogen and oxygen atoms in total. The van der Waals surface area contributed by atoms with Crippen LogP contribution in [0.4, 0.5) is 18.9 Å². The Morgan fingerprint density at radius 3 is 2.45 bits per heavy atom. The molecule has 1 atom stereocenters. The molecule has 31 heavy (non-hydrogen) atoms. The van der Waals surface area contributed by atoms with Gasteiger partial charge in [-0.1, -0.05) is 48.0 Å². The summed E-state index contributed by atoms with van der Waals surface area (Å²) in [5, 5.41) is 3.15. The molecule has 0 saturated carbocycles. The van der Waals surface area contributed by atoms with Gasteiger partial charge in [0.2, 0.25) is 5.91 Å². The van der Waals surface area contributed by atoms with Gasteiger partial charge in [0.25, 0.3) is 5.91 Å². The Morgan fingerprint density at radius 2 is 1.74 bits per heavy atom. The number of rotatable bonds is 2. The zero-order valence-corrected chi connectivity index (χ0v) is 16.7. The number of fused-ring (bicyclic) bond motifs is 1. The second-order valence-corrected chi connectivity index (χ2v) is 7.54. The van der Waals surface area contributed by atoms with Gasteiger partial charge in [0, 0.05) is 21.8 Å². The molecule has 4 rings (SSSR count). The van der Waals surface area contributed by atoms with E-state index in [4.69, 9.17) is 11.6 Å². The van der Waals surface area contributed by atoms with Crippen molar-refractivity contribution in [2.45, 2.75) is 12.2 Å². The van der Waals surface area contributed by atoms with E-state index in [1.807, 2.05) is 0 Å². The summed E-state index contributed by atoms with van der Waals surface area (Å²) >= 11 is 6.19. The van der Waals surface area contributed by atoms with Gasteiger partial charge in [-0.3, -0.25) is 9.59 Å². The molecule has 8 heteroatoms. The number of carbonyl (C=O) groups excluding carboxylic acids is 2. The Morgan fingerprint density at radius 1 is 1.00 bits per heavy atom. The van der Waals surface area contributed by atoms with Gasteiger partial charge in [0.15, 0.2) is 0 Å². The second-order valence-electron chi connectivity index (χ2n) is 7.10. The van der Waals surface area contributed by atoms with E-state index in [-0.39, 0.29) is 12.1 Å². The predicted octanol–water partition coefficient (Wildman–Crippen LogP) is 5.54. The number of hydrogen-bond donors (Lipinski definition) is 1. The Balaban J connectivity index is 1.86. The van der Waals surface area contributed by atoms with Crippen molar-refractivity contribution in [2.24, 2.45) is 0 Å². The molecular formula is C23H16ClF3N2O2. The van der Waals surface area contributed by atoms with Gasteiger partial charge in [-0.05, 0) is 42.0 Å². The first kappa shape index (κ1) is 20.9. The third-order valence-electron chi connectivity index (χ3n) is 5.02. The smallest absolute Gasteiger partial charge is 0.324 e. The maximum atomic E-state index is 13.4. The van der Waals surface area contributed by atoms with E-state index in [1.54, 1.807) is 48.5 Å². The first-order chi connectivity index (χ1) is 14.7. The number of nitrogens with zero attached hydrogens (tertiary/aromatic N) is 1. The number of anilines is 1. The van der Waals surface area contributed by atoms with Crippen LogP contribution in [0.5, 0.6) is 0 Å². The maximum Gasteiger partial charge on any atom is 0.416 e. The SMILES string of the molecule is O=C1CN(C(=O)c2cccc(C(F)(F)F)c2)C(c2ccccc2)c2cc(Cl)ccc2N1. The molecule has 0 fully saturated rings. The van der Waals surface area contributed by atoms with E-state index in [0.29, 0.717) is 21.8 Å². The van der Waals surface area contributed by atoms with Crippen molar-refractivity contribution >= 4 is 29.1 Å². The third-order valence-corrected chi connectivity index (χ3v) is 5.26. The van der Waals surface area contributed by atoms with Crippen LogP contribution >= 0.6 is 11.6 Å². The minimum absolute atomic E-state index is 0.158.